The van der Waals surface area contributed by atoms with Crippen molar-refractivity contribution in [3.63, 3.8) is 0 Å². The predicted molar refractivity (Wildman–Crippen MR) is 376 cm³/mol. The fraction of sp³-hybridized carbons (Fsp3) is 0.421. The Morgan fingerprint density at radius 2 is 1.41 bits per heavy atom. The maximum absolute atomic E-state index is 16.0. The van der Waals surface area contributed by atoms with Crippen LogP contribution in [0.25, 0.3) is 0 Å². The number of esters is 4. The highest BCUT2D eigenvalue weighted by Gasteiger charge is 2.78. The lowest BCUT2D eigenvalue weighted by Crippen LogP contribution is -2.82. The summed E-state index contributed by atoms with van der Waals surface area (Å²) in [5, 5.41) is 37.1. The van der Waals surface area contributed by atoms with Gasteiger partial charge in [-0.15, -0.1) is 0 Å². The van der Waals surface area contributed by atoms with E-state index in [1.165, 1.54) is 113 Å². The van der Waals surface area contributed by atoms with E-state index in [4.69, 9.17) is 38.9 Å². The molecular formula is C76H85N9O22. The largest absolute Gasteiger partial charge is 0.509 e. The molecule has 7 amide bonds. The molecule has 1 aromatic heterocycles. The molecule has 566 valence electrons. The van der Waals surface area contributed by atoms with Gasteiger partial charge in [0.1, 0.15) is 60.5 Å². The van der Waals surface area contributed by atoms with Crippen LogP contribution in [0.4, 0.5) is 16.3 Å². The van der Waals surface area contributed by atoms with Gasteiger partial charge < -0.3 is 75.3 Å². The van der Waals surface area contributed by atoms with E-state index in [2.05, 4.69) is 37.1 Å². The lowest BCUT2D eigenvalue weighted by Gasteiger charge is -2.67. The number of carbonyl (C=O) groups is 13. The number of ketones is 1. The molecule has 4 aromatic carbocycles. The molecule has 0 radical (unpaired) electrons. The van der Waals surface area contributed by atoms with Gasteiger partial charge in [0.25, 0.3) is 11.8 Å². The number of aromatic nitrogens is 1. The third-order valence-electron chi connectivity index (χ3n) is 20.6. The SMILES string of the molecule is CC(=O)N[C@@H](CCC(=O)NNc1ccc(C(=O)N[C@H](C)C(=O)N2CCC[C@H]2C(=O)Nc2ccc(COC(=O)O[C@@H](C(=O)O[C@H]3C[C@@]4(O)[C@@H](OC(=O)c5ccccc5)[C@@H]5[C@]6(OC(C)=O)CO[C@@H]6C[C@H](O)[C@@]5(C)C(=O)[C@H](OC(C)=O)C(=C3C)C4(C)C)[C@@H](NC(=O)c3ccccc3)c3ccccc3)cc2)cn1)C(N)=O. The fourth-order valence-corrected chi connectivity index (χ4v) is 15.0. The topological polar surface area (TPSA) is 441 Å². The number of aliphatic hydroxyl groups is 2. The van der Waals surface area contributed by atoms with Crippen molar-refractivity contribution in [2.24, 2.45) is 22.5 Å². The van der Waals surface area contributed by atoms with Gasteiger partial charge in [-0.05, 0) is 111 Å². The molecule has 31 nitrogen and oxygen atoms in total. The molecule has 31 heteroatoms. The molecule has 107 heavy (non-hydrogen) atoms. The van der Waals surface area contributed by atoms with Crippen LogP contribution in [0.5, 0.6) is 0 Å². The average Bonchev–Trinajstić information content (AvgIpc) is 0.974. The third-order valence-corrected chi connectivity index (χ3v) is 20.6. The highest BCUT2D eigenvalue weighted by Crippen LogP contribution is 2.64. The summed E-state index contributed by atoms with van der Waals surface area (Å²) < 4.78 is 42.7. The van der Waals surface area contributed by atoms with Gasteiger partial charge in [-0.1, -0.05) is 92.7 Å². The number of hydrogen-bond acceptors (Lipinski definition) is 24. The van der Waals surface area contributed by atoms with E-state index in [9.17, 15) is 63.0 Å². The van der Waals surface area contributed by atoms with Crippen molar-refractivity contribution in [2.45, 2.75) is 173 Å². The number of aliphatic hydroxyl groups excluding tert-OH is 1. The lowest BCUT2D eigenvalue weighted by atomic mass is 9.44. The summed E-state index contributed by atoms with van der Waals surface area (Å²) in [6.07, 6.45) is -11.3. The Morgan fingerprint density at radius 1 is 0.766 bits per heavy atom. The van der Waals surface area contributed by atoms with E-state index in [1.807, 2.05) is 0 Å². The molecule has 3 heterocycles. The van der Waals surface area contributed by atoms with Gasteiger partial charge in [0.05, 0.1) is 35.2 Å². The first-order chi connectivity index (χ1) is 50.8. The number of hydrogen-bond donors (Lipinski definition) is 9. The van der Waals surface area contributed by atoms with E-state index < -0.39 is 186 Å². The maximum atomic E-state index is 16.0. The van der Waals surface area contributed by atoms with Gasteiger partial charge in [0.15, 0.2) is 17.5 Å². The molecule has 3 aliphatic carbocycles. The molecule has 10 rings (SSSR count). The van der Waals surface area contributed by atoms with Crippen LogP contribution in [0.3, 0.4) is 0 Å². The Bertz CT molecular complexity index is 4280. The summed E-state index contributed by atoms with van der Waals surface area (Å²) >= 11 is 0. The molecular weight excluding hydrogens is 1390 g/mol. The monoisotopic (exact) mass is 1480 g/mol. The van der Waals surface area contributed by atoms with Crippen LogP contribution >= 0.6 is 0 Å². The van der Waals surface area contributed by atoms with Gasteiger partial charge in [0, 0.05) is 69.4 Å². The predicted octanol–water partition coefficient (Wildman–Crippen LogP) is 4.45. The van der Waals surface area contributed by atoms with Crippen molar-refractivity contribution >= 4 is 88.7 Å². The summed E-state index contributed by atoms with van der Waals surface area (Å²) in [4.78, 5) is 184. The maximum Gasteiger partial charge on any atom is 0.509 e. The van der Waals surface area contributed by atoms with Crippen molar-refractivity contribution < 1.29 is 106 Å². The Balaban J connectivity index is 0.866. The van der Waals surface area contributed by atoms with Crippen molar-refractivity contribution in [1.82, 2.24) is 31.3 Å². The second-order valence-corrected chi connectivity index (χ2v) is 27.9. The van der Waals surface area contributed by atoms with E-state index in [0.29, 0.717) is 18.4 Å². The molecule has 14 atom stereocenters. The second kappa shape index (κ2) is 32.5. The van der Waals surface area contributed by atoms with Crippen molar-refractivity contribution in [1.29, 1.82) is 0 Å². The molecule has 0 spiro atoms. The van der Waals surface area contributed by atoms with Gasteiger partial charge in [0.2, 0.25) is 35.6 Å². The van der Waals surface area contributed by atoms with Crippen LogP contribution < -0.4 is 37.9 Å². The smallest absolute Gasteiger partial charge is 0.455 e. The van der Waals surface area contributed by atoms with Crippen LogP contribution in [0.2, 0.25) is 0 Å². The van der Waals surface area contributed by atoms with Gasteiger partial charge in [-0.3, -0.25) is 58.8 Å². The fourth-order valence-electron chi connectivity index (χ4n) is 15.0. The number of hydrazine groups is 1. The van der Waals surface area contributed by atoms with E-state index in [0.717, 1.165) is 13.8 Å². The number of anilines is 2. The Kier molecular flexibility index (Phi) is 23.7. The minimum Gasteiger partial charge on any atom is -0.455 e. The van der Waals surface area contributed by atoms with Crippen LogP contribution in [0.15, 0.2) is 145 Å². The Morgan fingerprint density at radius 3 is 2.01 bits per heavy atom. The minimum atomic E-state index is -2.57. The van der Waals surface area contributed by atoms with Crippen LogP contribution in [0, 0.1) is 16.7 Å². The zero-order valence-corrected chi connectivity index (χ0v) is 59.9. The van der Waals surface area contributed by atoms with E-state index >= 15 is 9.59 Å². The Hall–Kier alpha value is -11.4. The Labute approximate surface area is 614 Å². The molecule has 0 unspecified atom stereocenters. The summed E-state index contributed by atoms with van der Waals surface area (Å²) in [7, 11) is 0. The standard InChI is InChI=1S/C76H85N9O22/c1-40-53(36-76(100)64(106-70(97)48-23-16-11-17-24-48)62-74(8,54(89)35-55-75(62,39-102-55)107-44(5)88)63(91)60(103-43(4)87)58(40)73(76,6)7)104-71(98)61(59(46-19-12-9-13-20-46)82-66(93)47-21-14-10-15-22-47)105-72(99)101-38-45-26-29-50(30-27-45)81-68(95)52-25-18-34-85(52)69(96)41(2)79-67(94)49-28-32-56(78-37-49)83-84-57(90)33-31-51(65(77)92)80-42(3)86/h9-17,19-24,26-30,32,37,41,51-55,59-62,64,89,100H,18,25,31,33-36,38-39H2,1-8H3,(H2,77,92)(H,78,83)(H,79,94)(H,80,86)(H,81,95)(H,82,93)(H,84,90)/t41-,51+,52+,53+,54+,55-,59+,60-,61-,62+,64+,74-,75+,76-/m1/s1. The van der Waals surface area contributed by atoms with Crippen molar-refractivity contribution in [3.05, 3.63) is 173 Å². The summed E-state index contributed by atoms with van der Waals surface area (Å²) in [5.41, 5.74) is 2.76. The lowest BCUT2D eigenvalue weighted by molar-refractivity contribution is -0.346. The number of likely N-dealkylation sites (tertiary alicyclic amines) is 1. The van der Waals surface area contributed by atoms with Gasteiger partial charge >= 0.3 is 30.0 Å². The first-order valence-electron chi connectivity index (χ1n) is 34.7. The number of nitrogens with one attached hydrogen (secondary N) is 6. The first kappa shape index (κ1) is 78.2. The zero-order valence-electron chi connectivity index (χ0n) is 59.9. The number of pyridine rings is 1. The number of amides is 7. The molecule has 2 bridgehead atoms. The number of nitrogens with two attached hydrogens (primary N) is 1. The number of carbonyl (C=O) groups excluding carboxylic acids is 13. The number of Topliss-reactive ketones (excluding diaryl/α,β-unsaturated/α-hetero) is 1. The number of fused-ring (bicyclic) bond motifs is 5. The normalized spacial score (nSPS) is 25.0. The molecule has 10 N–H and O–H groups in total. The van der Waals surface area contributed by atoms with Crippen molar-refractivity contribution in [3.8, 4) is 0 Å². The molecule has 2 aliphatic heterocycles. The number of nitrogens with zero attached hydrogens (tertiary/aromatic N) is 2. The van der Waals surface area contributed by atoms with E-state index in [-0.39, 0.29) is 70.7 Å². The molecule has 2 saturated heterocycles. The highest BCUT2D eigenvalue weighted by molar-refractivity contribution is 6.01. The second-order valence-electron chi connectivity index (χ2n) is 27.9. The highest BCUT2D eigenvalue weighted by atomic mass is 16.7. The molecule has 4 fully saturated rings. The van der Waals surface area contributed by atoms with Crippen molar-refractivity contribution in [2.75, 3.05) is 23.9 Å². The average molecular weight is 1480 g/mol. The van der Waals surface area contributed by atoms with Crippen LogP contribution in [0.1, 0.15) is 142 Å². The quantitative estimate of drug-likeness (QED) is 0.0169. The number of ether oxygens (including phenoxy) is 7. The van der Waals surface area contributed by atoms with Gasteiger partial charge in [-0.2, -0.15) is 0 Å². The summed E-state index contributed by atoms with van der Waals surface area (Å²) in [6.45, 7) is 9.96. The van der Waals surface area contributed by atoms with Crippen LogP contribution in [-0.2, 0) is 82.9 Å². The van der Waals surface area contributed by atoms with E-state index in [1.54, 1.807) is 66.7 Å². The number of primary amides is 1. The molecule has 5 aliphatic rings. The van der Waals surface area contributed by atoms with Gasteiger partial charge in [-0.25, -0.2) is 19.4 Å². The summed E-state index contributed by atoms with van der Waals surface area (Å²) in [5.74, 6) is -11.0. The summed E-state index contributed by atoms with van der Waals surface area (Å²) in [6, 6.07) is 27.6. The zero-order chi connectivity index (χ0) is 77.4. The van der Waals surface area contributed by atoms with Crippen LogP contribution in [-0.4, -0.2) is 176 Å². The minimum absolute atomic E-state index is 0.00633. The molecule has 5 aromatic rings. The molecule has 2 saturated carbocycles. The third kappa shape index (κ3) is 16.7. The number of rotatable bonds is 25. The first-order valence-corrected chi connectivity index (χ1v) is 34.7. The number of benzene rings is 4.